The minimum absolute atomic E-state index is 0.0156. The molecule has 0 aliphatic carbocycles. The van der Waals surface area contributed by atoms with Crippen molar-refractivity contribution in [1.82, 2.24) is 10.6 Å². The first-order valence-electron chi connectivity index (χ1n) is 14.8. The fraction of sp³-hybridized carbons (Fsp3) is 0.710. The Morgan fingerprint density at radius 3 is 2.59 bits per heavy atom. The normalized spacial score (nSPS) is 34.5. The van der Waals surface area contributed by atoms with E-state index < -0.39 is 23.5 Å². The lowest BCUT2D eigenvalue weighted by atomic mass is 9.87. The molecule has 3 heterocycles. The second-order valence-electron chi connectivity index (χ2n) is 11.9. The van der Waals surface area contributed by atoms with Gasteiger partial charge in [-0.05, 0) is 52.0 Å². The Morgan fingerprint density at radius 1 is 1.20 bits per heavy atom. The van der Waals surface area contributed by atoms with Crippen molar-refractivity contribution in [3.8, 4) is 0 Å². The zero-order chi connectivity index (χ0) is 30.2. The summed E-state index contributed by atoms with van der Waals surface area (Å²) < 4.78 is 22.9. The van der Waals surface area contributed by atoms with Crippen molar-refractivity contribution in [3.05, 3.63) is 36.0 Å². The topological polar surface area (TPSA) is 136 Å². The van der Waals surface area contributed by atoms with E-state index in [2.05, 4.69) is 23.6 Å². The summed E-state index contributed by atoms with van der Waals surface area (Å²) in [5, 5.41) is 16.9. The third-order valence-electron chi connectivity index (χ3n) is 7.76. The number of allylic oxidation sites excluding steroid dienone is 2. The first kappa shape index (κ1) is 33.0. The lowest BCUT2D eigenvalue weighted by molar-refractivity contribution is -0.256. The summed E-state index contributed by atoms with van der Waals surface area (Å²) in [6.45, 7) is 12.2. The molecule has 230 valence electrons. The van der Waals surface area contributed by atoms with E-state index in [0.717, 1.165) is 24.8 Å². The fourth-order valence-electron chi connectivity index (χ4n) is 5.52. The highest BCUT2D eigenvalue weighted by atomic mass is 16.7. The molecule has 2 amide bonds. The molecular weight excluding hydrogens is 528 g/mol. The molecule has 0 aromatic heterocycles. The zero-order valence-corrected chi connectivity index (χ0v) is 25.3. The Labute approximate surface area is 243 Å². The minimum Gasteiger partial charge on any atom is -0.459 e. The molecule has 3 rings (SSSR count). The van der Waals surface area contributed by atoms with Gasteiger partial charge in [0, 0.05) is 32.4 Å². The summed E-state index contributed by atoms with van der Waals surface area (Å²) >= 11 is 0. The van der Waals surface area contributed by atoms with Crippen LogP contribution in [0.15, 0.2) is 36.0 Å². The Bertz CT molecular complexity index is 1020. The van der Waals surface area contributed by atoms with E-state index >= 15 is 0 Å². The highest BCUT2D eigenvalue weighted by Gasteiger charge is 2.57. The van der Waals surface area contributed by atoms with E-state index in [0.29, 0.717) is 26.0 Å². The lowest BCUT2D eigenvalue weighted by Gasteiger charge is -2.39. The SMILES string of the molecule is CCCNC(=O)CC1(O)CC2(CO2)C[C@@H](/C=C/C(C)=C/C[C@@H]2O[C@H](C)C(NC(=O)/C=C\[C@H](C)OC(C)=O)C[C@@H]2C)O1. The summed E-state index contributed by atoms with van der Waals surface area (Å²) in [5.74, 6) is -2.18. The third kappa shape index (κ3) is 10.7. The molecule has 10 heteroatoms. The maximum Gasteiger partial charge on any atom is 0.303 e. The second kappa shape index (κ2) is 14.6. The number of nitrogens with one attached hydrogen (secondary N) is 2. The van der Waals surface area contributed by atoms with E-state index in [1.54, 1.807) is 13.0 Å². The molecule has 8 atom stereocenters. The number of hydrogen-bond donors (Lipinski definition) is 3. The van der Waals surface area contributed by atoms with Crippen molar-refractivity contribution in [3.63, 3.8) is 0 Å². The molecule has 0 aromatic carbocycles. The fourth-order valence-corrected chi connectivity index (χ4v) is 5.52. The highest BCUT2D eigenvalue weighted by Crippen LogP contribution is 2.46. The van der Waals surface area contributed by atoms with Gasteiger partial charge in [0.15, 0.2) is 5.79 Å². The van der Waals surface area contributed by atoms with Crippen LogP contribution in [-0.4, -0.2) is 77.9 Å². The van der Waals surface area contributed by atoms with Gasteiger partial charge in [0.1, 0.15) is 6.10 Å². The smallest absolute Gasteiger partial charge is 0.303 e. The van der Waals surface area contributed by atoms with Gasteiger partial charge >= 0.3 is 5.97 Å². The molecule has 0 bridgehead atoms. The van der Waals surface area contributed by atoms with Crippen LogP contribution in [-0.2, 0) is 33.3 Å². The van der Waals surface area contributed by atoms with Gasteiger partial charge in [0.2, 0.25) is 11.8 Å². The van der Waals surface area contributed by atoms with Crippen LogP contribution in [0.2, 0.25) is 0 Å². The number of esters is 1. The van der Waals surface area contributed by atoms with Crippen LogP contribution in [0.4, 0.5) is 0 Å². The van der Waals surface area contributed by atoms with Gasteiger partial charge in [-0.15, -0.1) is 0 Å². The number of carbonyl (C=O) groups excluding carboxylic acids is 3. The number of hydrogen-bond acceptors (Lipinski definition) is 8. The zero-order valence-electron chi connectivity index (χ0n) is 25.3. The lowest BCUT2D eigenvalue weighted by Crippen LogP contribution is -2.50. The van der Waals surface area contributed by atoms with E-state index in [-0.39, 0.29) is 48.5 Å². The van der Waals surface area contributed by atoms with Gasteiger partial charge < -0.3 is 34.7 Å². The Balaban J connectivity index is 1.49. The summed E-state index contributed by atoms with van der Waals surface area (Å²) in [5.41, 5.74) is 0.620. The molecule has 3 aliphatic heterocycles. The molecule has 3 saturated heterocycles. The maximum absolute atomic E-state index is 12.4. The van der Waals surface area contributed by atoms with Gasteiger partial charge in [-0.3, -0.25) is 14.4 Å². The van der Waals surface area contributed by atoms with E-state index in [1.807, 2.05) is 32.9 Å². The summed E-state index contributed by atoms with van der Waals surface area (Å²) in [4.78, 5) is 35.6. The van der Waals surface area contributed by atoms with Crippen molar-refractivity contribution in [2.75, 3.05) is 13.2 Å². The summed E-state index contributed by atoms with van der Waals surface area (Å²) in [6, 6.07) is -0.115. The van der Waals surface area contributed by atoms with Crippen molar-refractivity contribution in [2.24, 2.45) is 5.92 Å². The van der Waals surface area contributed by atoms with E-state index in [9.17, 15) is 19.5 Å². The number of rotatable bonds is 12. The van der Waals surface area contributed by atoms with Crippen LogP contribution in [0.1, 0.15) is 80.1 Å². The van der Waals surface area contributed by atoms with E-state index in [4.69, 9.17) is 18.9 Å². The average Bonchev–Trinajstić information content (AvgIpc) is 3.62. The van der Waals surface area contributed by atoms with Crippen LogP contribution in [0.3, 0.4) is 0 Å². The third-order valence-corrected chi connectivity index (χ3v) is 7.76. The number of carbonyl (C=O) groups is 3. The Hall–Kier alpha value is -2.53. The van der Waals surface area contributed by atoms with Crippen LogP contribution in [0.5, 0.6) is 0 Å². The monoisotopic (exact) mass is 576 g/mol. The van der Waals surface area contributed by atoms with Crippen LogP contribution in [0.25, 0.3) is 0 Å². The number of amides is 2. The molecular formula is C31H48N2O8. The number of aliphatic hydroxyl groups is 1. The Kier molecular flexibility index (Phi) is 11.7. The highest BCUT2D eigenvalue weighted by molar-refractivity contribution is 5.87. The standard InChI is InChI=1S/C31H48N2O8/c1-7-14-32-29(36)17-31(37)18-30(19-38-30)16-25(41-31)11-8-20(2)9-12-27-21(3)15-26(23(5)40-27)33-28(35)13-10-22(4)39-24(6)34/h8-11,13,21-23,25-27,37H,7,12,14-19H2,1-6H3,(H,32,36)(H,33,35)/b11-8+,13-10-,20-9+/t21-,22-,23+,25+,26?,27-,30?,31?/m0/s1. The molecule has 3 N–H and O–H groups in total. The quantitative estimate of drug-likeness (QED) is 0.139. The van der Waals surface area contributed by atoms with Crippen LogP contribution < -0.4 is 10.6 Å². The van der Waals surface area contributed by atoms with Crippen molar-refractivity contribution in [1.29, 1.82) is 0 Å². The van der Waals surface area contributed by atoms with Crippen molar-refractivity contribution in [2.45, 2.75) is 122 Å². The first-order chi connectivity index (χ1) is 19.3. The van der Waals surface area contributed by atoms with E-state index in [1.165, 1.54) is 13.0 Å². The summed E-state index contributed by atoms with van der Waals surface area (Å²) in [6.07, 6.45) is 11.2. The van der Waals surface area contributed by atoms with Gasteiger partial charge in [-0.2, -0.15) is 0 Å². The van der Waals surface area contributed by atoms with Gasteiger partial charge in [-0.25, -0.2) is 0 Å². The molecule has 41 heavy (non-hydrogen) atoms. The summed E-state index contributed by atoms with van der Waals surface area (Å²) in [7, 11) is 0. The molecule has 0 saturated carbocycles. The van der Waals surface area contributed by atoms with Crippen LogP contribution >= 0.6 is 0 Å². The van der Waals surface area contributed by atoms with Crippen molar-refractivity contribution >= 4 is 17.8 Å². The van der Waals surface area contributed by atoms with Gasteiger partial charge in [-0.1, -0.05) is 37.6 Å². The predicted molar refractivity (Wildman–Crippen MR) is 154 cm³/mol. The van der Waals surface area contributed by atoms with Gasteiger partial charge in [0.25, 0.3) is 0 Å². The average molecular weight is 577 g/mol. The maximum atomic E-state index is 12.4. The predicted octanol–water partition coefficient (Wildman–Crippen LogP) is 3.24. The first-order valence-corrected chi connectivity index (χ1v) is 14.8. The molecule has 1 spiro atoms. The second-order valence-corrected chi connectivity index (χ2v) is 11.9. The van der Waals surface area contributed by atoms with Gasteiger partial charge in [0.05, 0.1) is 43.0 Å². The molecule has 10 nitrogen and oxygen atoms in total. The Morgan fingerprint density at radius 2 is 1.93 bits per heavy atom. The largest absolute Gasteiger partial charge is 0.459 e. The molecule has 3 fully saturated rings. The number of epoxide rings is 1. The minimum atomic E-state index is -1.55. The van der Waals surface area contributed by atoms with Crippen molar-refractivity contribution < 1.29 is 38.4 Å². The molecule has 3 aliphatic rings. The molecule has 0 radical (unpaired) electrons. The molecule has 0 aromatic rings. The molecule has 3 unspecified atom stereocenters. The number of ether oxygens (including phenoxy) is 4. The van der Waals surface area contributed by atoms with Crippen LogP contribution in [0, 0.1) is 5.92 Å².